The van der Waals surface area contributed by atoms with Crippen LogP contribution in [-0.4, -0.2) is 56.3 Å². The minimum atomic E-state index is -0.113. The highest BCUT2D eigenvalue weighted by molar-refractivity contribution is 7.22. The van der Waals surface area contributed by atoms with Gasteiger partial charge in [-0.05, 0) is 37.1 Å². The molecule has 2 aromatic carbocycles. The number of thiazole rings is 1. The molecule has 158 valence electrons. The molecule has 0 bridgehead atoms. The van der Waals surface area contributed by atoms with Gasteiger partial charge in [0.1, 0.15) is 0 Å². The number of piperazine rings is 1. The lowest BCUT2D eigenvalue weighted by atomic mass is 10.1. The molecule has 1 aliphatic rings. The predicted octanol–water partition coefficient (Wildman–Crippen LogP) is 4.28. The zero-order valence-corrected chi connectivity index (χ0v) is 18.5. The predicted molar refractivity (Wildman–Crippen MR) is 121 cm³/mol. The third-order valence-electron chi connectivity index (χ3n) is 5.40. The van der Waals surface area contributed by atoms with E-state index < -0.39 is 0 Å². The molecule has 8 heteroatoms. The second kappa shape index (κ2) is 8.39. The van der Waals surface area contributed by atoms with Crippen molar-refractivity contribution in [2.75, 3.05) is 50.6 Å². The lowest BCUT2D eigenvalue weighted by Gasteiger charge is -2.34. The van der Waals surface area contributed by atoms with Crippen LogP contribution in [0.5, 0.6) is 11.5 Å². The number of hydrogen-bond acceptors (Lipinski definition) is 6. The van der Waals surface area contributed by atoms with E-state index in [9.17, 15) is 4.79 Å². The molecule has 30 heavy (non-hydrogen) atoms. The minimum Gasteiger partial charge on any atom is -0.493 e. The third kappa shape index (κ3) is 3.87. The van der Waals surface area contributed by atoms with Crippen LogP contribution in [0, 0.1) is 13.8 Å². The monoisotopic (exact) mass is 426 g/mol. The second-order valence-corrected chi connectivity index (χ2v) is 8.33. The Morgan fingerprint density at radius 1 is 1.00 bits per heavy atom. The first-order chi connectivity index (χ1) is 14.5. The van der Waals surface area contributed by atoms with Crippen molar-refractivity contribution < 1.29 is 14.3 Å². The van der Waals surface area contributed by atoms with E-state index in [1.807, 2.05) is 4.90 Å². The molecule has 4 rings (SSSR count). The molecule has 0 atom stereocenters. The number of nitrogens with zero attached hydrogens (tertiary/aromatic N) is 3. The molecule has 3 aromatic rings. The topological polar surface area (TPSA) is 66.9 Å². The summed E-state index contributed by atoms with van der Waals surface area (Å²) in [4.78, 5) is 21.7. The SMILES string of the molecule is COc1ccc(NC(=O)N2CCN(c3nc4c(C)ccc(C)c4s3)CC2)cc1OC. The van der Waals surface area contributed by atoms with Gasteiger partial charge in [-0.1, -0.05) is 23.5 Å². The number of aromatic nitrogens is 1. The number of nitrogens with one attached hydrogen (secondary N) is 1. The van der Waals surface area contributed by atoms with E-state index >= 15 is 0 Å². The number of aryl methyl sites for hydroxylation is 2. The number of urea groups is 1. The van der Waals surface area contributed by atoms with Crippen LogP contribution in [0.3, 0.4) is 0 Å². The molecular weight excluding hydrogens is 400 g/mol. The van der Waals surface area contributed by atoms with Gasteiger partial charge in [0.05, 0.1) is 24.4 Å². The summed E-state index contributed by atoms with van der Waals surface area (Å²) < 4.78 is 11.8. The van der Waals surface area contributed by atoms with Crippen molar-refractivity contribution in [1.82, 2.24) is 9.88 Å². The van der Waals surface area contributed by atoms with Gasteiger partial charge in [0.25, 0.3) is 0 Å². The van der Waals surface area contributed by atoms with Crippen LogP contribution in [-0.2, 0) is 0 Å². The van der Waals surface area contributed by atoms with E-state index in [-0.39, 0.29) is 6.03 Å². The molecule has 0 saturated carbocycles. The zero-order valence-electron chi connectivity index (χ0n) is 17.7. The van der Waals surface area contributed by atoms with Crippen molar-refractivity contribution in [3.63, 3.8) is 0 Å². The fourth-order valence-corrected chi connectivity index (χ4v) is 4.76. The summed E-state index contributed by atoms with van der Waals surface area (Å²) in [6.07, 6.45) is 0. The van der Waals surface area contributed by atoms with Crippen molar-refractivity contribution in [2.24, 2.45) is 0 Å². The first kappa shape index (κ1) is 20.3. The Bertz CT molecular complexity index is 1030. The lowest BCUT2D eigenvalue weighted by Crippen LogP contribution is -2.50. The minimum absolute atomic E-state index is 0.113. The van der Waals surface area contributed by atoms with Crippen LogP contribution in [0.25, 0.3) is 10.2 Å². The number of rotatable bonds is 4. The van der Waals surface area contributed by atoms with Gasteiger partial charge in [0.15, 0.2) is 16.6 Å². The van der Waals surface area contributed by atoms with Crippen molar-refractivity contribution in [2.45, 2.75) is 13.8 Å². The maximum absolute atomic E-state index is 12.7. The number of benzene rings is 2. The number of fused-ring (bicyclic) bond motifs is 1. The number of carbonyl (C=O) groups excluding carboxylic acids is 1. The molecule has 1 aromatic heterocycles. The molecule has 1 N–H and O–H groups in total. The average molecular weight is 427 g/mol. The highest BCUT2D eigenvalue weighted by Gasteiger charge is 2.24. The molecule has 0 aliphatic carbocycles. The maximum atomic E-state index is 12.7. The Hall–Kier alpha value is -3.00. The second-order valence-electron chi connectivity index (χ2n) is 7.35. The van der Waals surface area contributed by atoms with E-state index in [4.69, 9.17) is 14.5 Å². The highest BCUT2D eigenvalue weighted by atomic mass is 32.1. The Morgan fingerprint density at radius 3 is 2.37 bits per heavy atom. The van der Waals surface area contributed by atoms with Gasteiger partial charge in [-0.15, -0.1) is 0 Å². The Morgan fingerprint density at radius 2 is 1.70 bits per heavy atom. The number of ether oxygens (including phenoxy) is 2. The summed E-state index contributed by atoms with van der Waals surface area (Å²) in [6, 6.07) is 9.51. The smallest absolute Gasteiger partial charge is 0.321 e. The first-order valence-corrected chi connectivity index (χ1v) is 10.7. The van der Waals surface area contributed by atoms with Gasteiger partial charge >= 0.3 is 6.03 Å². The van der Waals surface area contributed by atoms with Crippen LogP contribution >= 0.6 is 11.3 Å². The third-order valence-corrected chi connectivity index (χ3v) is 6.65. The quantitative estimate of drug-likeness (QED) is 0.674. The highest BCUT2D eigenvalue weighted by Crippen LogP contribution is 2.33. The van der Waals surface area contributed by atoms with E-state index in [0.29, 0.717) is 30.3 Å². The average Bonchev–Trinajstić information content (AvgIpc) is 3.23. The molecule has 1 fully saturated rings. The maximum Gasteiger partial charge on any atom is 0.321 e. The Labute approximate surface area is 180 Å². The van der Waals surface area contributed by atoms with Gasteiger partial charge in [0.2, 0.25) is 0 Å². The normalized spacial score (nSPS) is 14.1. The lowest BCUT2D eigenvalue weighted by molar-refractivity contribution is 0.208. The van der Waals surface area contributed by atoms with Crippen molar-refractivity contribution in [3.05, 3.63) is 41.5 Å². The van der Waals surface area contributed by atoms with Crippen molar-refractivity contribution in [3.8, 4) is 11.5 Å². The van der Waals surface area contributed by atoms with E-state index in [1.54, 1.807) is 43.8 Å². The molecule has 0 spiro atoms. The van der Waals surface area contributed by atoms with Crippen molar-refractivity contribution in [1.29, 1.82) is 0 Å². The molecular formula is C22H26N4O3S. The molecule has 7 nitrogen and oxygen atoms in total. The van der Waals surface area contributed by atoms with Gasteiger partial charge in [-0.25, -0.2) is 9.78 Å². The fourth-order valence-electron chi connectivity index (χ4n) is 3.60. The van der Waals surface area contributed by atoms with Crippen LogP contribution in [0.15, 0.2) is 30.3 Å². The van der Waals surface area contributed by atoms with Gasteiger partial charge in [-0.2, -0.15) is 0 Å². The molecule has 0 radical (unpaired) electrons. The molecule has 1 aliphatic heterocycles. The van der Waals surface area contributed by atoms with Gasteiger partial charge in [0, 0.05) is 37.9 Å². The van der Waals surface area contributed by atoms with Crippen LogP contribution in [0.2, 0.25) is 0 Å². The van der Waals surface area contributed by atoms with E-state index in [0.717, 1.165) is 23.7 Å². The molecule has 1 saturated heterocycles. The van der Waals surface area contributed by atoms with E-state index in [1.165, 1.54) is 15.8 Å². The van der Waals surface area contributed by atoms with Crippen molar-refractivity contribution >= 4 is 38.4 Å². The number of amides is 2. The number of carbonyl (C=O) groups is 1. The molecule has 0 unspecified atom stereocenters. The fraction of sp³-hybridized carbons (Fsp3) is 0.364. The standard InChI is InChI=1S/C22H26N4O3S/c1-14-5-6-15(2)20-19(14)24-22(30-20)26-11-9-25(10-12-26)21(27)23-16-7-8-17(28-3)18(13-16)29-4/h5-8,13H,9-12H2,1-4H3,(H,23,27). The Kier molecular flexibility index (Phi) is 5.67. The summed E-state index contributed by atoms with van der Waals surface area (Å²) in [6.45, 7) is 7.04. The largest absolute Gasteiger partial charge is 0.493 e. The molecule has 2 heterocycles. The first-order valence-electron chi connectivity index (χ1n) is 9.90. The van der Waals surface area contributed by atoms with Gasteiger partial charge in [-0.3, -0.25) is 0 Å². The summed E-state index contributed by atoms with van der Waals surface area (Å²) in [5, 5.41) is 3.98. The Balaban J connectivity index is 1.40. The summed E-state index contributed by atoms with van der Waals surface area (Å²) in [7, 11) is 3.16. The zero-order chi connectivity index (χ0) is 21.3. The number of anilines is 2. The number of hydrogen-bond donors (Lipinski definition) is 1. The number of methoxy groups -OCH3 is 2. The molecule has 2 amide bonds. The van der Waals surface area contributed by atoms with Crippen LogP contribution in [0.4, 0.5) is 15.6 Å². The van der Waals surface area contributed by atoms with E-state index in [2.05, 4.69) is 36.2 Å². The van der Waals surface area contributed by atoms with Crippen LogP contribution < -0.4 is 19.7 Å². The summed E-state index contributed by atoms with van der Waals surface area (Å²) in [5.41, 5.74) is 4.22. The summed E-state index contributed by atoms with van der Waals surface area (Å²) >= 11 is 1.73. The van der Waals surface area contributed by atoms with Crippen LogP contribution in [0.1, 0.15) is 11.1 Å². The summed E-state index contributed by atoms with van der Waals surface area (Å²) in [5.74, 6) is 1.21. The van der Waals surface area contributed by atoms with Gasteiger partial charge < -0.3 is 24.6 Å².